The molecule has 4 nitrogen and oxygen atoms in total. The Morgan fingerprint density at radius 2 is 1.94 bits per heavy atom. The fraction of sp³-hybridized carbons (Fsp3) is 0.692. The molecule has 0 bridgehead atoms. The highest BCUT2D eigenvalue weighted by molar-refractivity contribution is 4.87. The highest BCUT2D eigenvalue weighted by Crippen LogP contribution is 2.21. The van der Waals surface area contributed by atoms with Gasteiger partial charge in [-0.15, -0.1) is 0 Å². The van der Waals surface area contributed by atoms with Crippen molar-refractivity contribution in [2.24, 2.45) is 0 Å². The van der Waals surface area contributed by atoms with Crippen LogP contribution in [0.5, 0.6) is 0 Å². The van der Waals surface area contributed by atoms with Crippen LogP contribution in [0.3, 0.4) is 0 Å². The first-order valence-electron chi connectivity index (χ1n) is 6.49. The summed E-state index contributed by atoms with van der Waals surface area (Å²) < 4.78 is 5.84. The largest absolute Gasteiger partial charge is 0.370 e. The molecular formula is C13H21N3O. The van der Waals surface area contributed by atoms with Crippen molar-refractivity contribution >= 4 is 0 Å². The number of ether oxygens (including phenoxy) is 1. The van der Waals surface area contributed by atoms with Crippen LogP contribution in [0.25, 0.3) is 0 Å². The van der Waals surface area contributed by atoms with Crippen LogP contribution in [-0.2, 0) is 11.3 Å². The van der Waals surface area contributed by atoms with Gasteiger partial charge in [-0.2, -0.15) is 0 Å². The van der Waals surface area contributed by atoms with E-state index in [1.165, 1.54) is 12.8 Å². The summed E-state index contributed by atoms with van der Waals surface area (Å²) in [5, 5.41) is 3.50. The standard InChI is InChI=1S/C13H21N3O/c1-2-14-11-4-6-12(7-5-11)17-10-13-15-8-3-9-16-13/h3,8-9,11-12,14H,2,4-7,10H2,1H3. The van der Waals surface area contributed by atoms with E-state index in [1.807, 2.05) is 6.07 Å². The number of aromatic nitrogens is 2. The molecule has 0 aliphatic heterocycles. The second-order valence-electron chi connectivity index (χ2n) is 4.51. The average Bonchev–Trinajstić information content (AvgIpc) is 2.40. The third-order valence-electron chi connectivity index (χ3n) is 3.23. The van der Waals surface area contributed by atoms with Crippen molar-refractivity contribution in [3.63, 3.8) is 0 Å². The summed E-state index contributed by atoms with van der Waals surface area (Å²) in [7, 11) is 0. The maximum absolute atomic E-state index is 5.84. The van der Waals surface area contributed by atoms with E-state index in [0.29, 0.717) is 18.8 Å². The first-order valence-corrected chi connectivity index (χ1v) is 6.49. The molecule has 0 atom stereocenters. The fourth-order valence-electron chi connectivity index (χ4n) is 2.32. The predicted molar refractivity (Wildman–Crippen MR) is 66.5 cm³/mol. The molecule has 1 fully saturated rings. The van der Waals surface area contributed by atoms with Crippen LogP contribution in [0.4, 0.5) is 0 Å². The second-order valence-corrected chi connectivity index (χ2v) is 4.51. The van der Waals surface area contributed by atoms with E-state index >= 15 is 0 Å². The van der Waals surface area contributed by atoms with Gasteiger partial charge in [0, 0.05) is 18.4 Å². The van der Waals surface area contributed by atoms with Crippen LogP contribution in [0.2, 0.25) is 0 Å². The van der Waals surface area contributed by atoms with E-state index in [1.54, 1.807) is 12.4 Å². The molecule has 0 amide bonds. The Balaban J connectivity index is 1.68. The SMILES string of the molecule is CCNC1CCC(OCc2ncccn2)CC1. The summed E-state index contributed by atoms with van der Waals surface area (Å²) in [6.45, 7) is 3.76. The van der Waals surface area contributed by atoms with Crippen LogP contribution in [0.15, 0.2) is 18.5 Å². The first kappa shape index (κ1) is 12.5. The van der Waals surface area contributed by atoms with Gasteiger partial charge in [-0.3, -0.25) is 0 Å². The molecule has 1 aliphatic rings. The van der Waals surface area contributed by atoms with Gasteiger partial charge in [0.1, 0.15) is 6.61 Å². The summed E-state index contributed by atoms with van der Waals surface area (Å²) in [5.74, 6) is 0.779. The molecule has 1 N–H and O–H groups in total. The normalized spacial score (nSPS) is 24.8. The van der Waals surface area contributed by atoms with Gasteiger partial charge in [-0.1, -0.05) is 6.92 Å². The lowest BCUT2D eigenvalue weighted by molar-refractivity contribution is 0.00826. The van der Waals surface area contributed by atoms with Crippen LogP contribution < -0.4 is 5.32 Å². The topological polar surface area (TPSA) is 47.0 Å². The Morgan fingerprint density at radius 1 is 1.24 bits per heavy atom. The van der Waals surface area contributed by atoms with Gasteiger partial charge in [0.25, 0.3) is 0 Å². The van der Waals surface area contributed by atoms with Crippen LogP contribution in [0.1, 0.15) is 38.4 Å². The second kappa shape index (κ2) is 6.67. The molecule has 0 radical (unpaired) electrons. The number of nitrogens with one attached hydrogen (secondary N) is 1. The highest BCUT2D eigenvalue weighted by Gasteiger charge is 2.20. The molecule has 1 aromatic rings. The van der Waals surface area contributed by atoms with Gasteiger partial charge < -0.3 is 10.1 Å². The zero-order valence-corrected chi connectivity index (χ0v) is 10.4. The van der Waals surface area contributed by atoms with Gasteiger partial charge in [-0.25, -0.2) is 9.97 Å². The summed E-state index contributed by atoms with van der Waals surface area (Å²) in [6.07, 6.45) is 8.62. The molecule has 1 aliphatic carbocycles. The lowest BCUT2D eigenvalue weighted by Gasteiger charge is -2.28. The Labute approximate surface area is 103 Å². The number of hydrogen-bond donors (Lipinski definition) is 1. The van der Waals surface area contributed by atoms with Crippen LogP contribution >= 0.6 is 0 Å². The first-order chi connectivity index (χ1) is 8.38. The maximum Gasteiger partial charge on any atom is 0.153 e. The average molecular weight is 235 g/mol. The van der Waals surface area contributed by atoms with E-state index in [0.717, 1.165) is 25.2 Å². The number of rotatable bonds is 5. The van der Waals surface area contributed by atoms with Crippen molar-refractivity contribution in [1.29, 1.82) is 0 Å². The van der Waals surface area contributed by atoms with Gasteiger partial charge in [0.15, 0.2) is 5.82 Å². The molecule has 1 aromatic heterocycles. The molecule has 17 heavy (non-hydrogen) atoms. The monoisotopic (exact) mass is 235 g/mol. The molecular weight excluding hydrogens is 214 g/mol. The minimum atomic E-state index is 0.383. The Hall–Kier alpha value is -1.00. The third kappa shape index (κ3) is 4.06. The quantitative estimate of drug-likeness (QED) is 0.847. The van der Waals surface area contributed by atoms with Crippen LogP contribution in [-0.4, -0.2) is 28.7 Å². The molecule has 1 heterocycles. The predicted octanol–water partition coefficient (Wildman–Crippen LogP) is 1.91. The van der Waals surface area contributed by atoms with Crippen LogP contribution in [0, 0.1) is 0 Å². The number of nitrogens with zero attached hydrogens (tertiary/aromatic N) is 2. The summed E-state index contributed by atoms with van der Waals surface area (Å²) in [4.78, 5) is 8.32. The van der Waals surface area contributed by atoms with Crippen molar-refractivity contribution in [3.8, 4) is 0 Å². The highest BCUT2D eigenvalue weighted by atomic mass is 16.5. The lowest BCUT2D eigenvalue weighted by Crippen LogP contribution is -2.35. The molecule has 94 valence electrons. The number of hydrogen-bond acceptors (Lipinski definition) is 4. The van der Waals surface area contributed by atoms with Gasteiger partial charge in [0.2, 0.25) is 0 Å². The maximum atomic E-state index is 5.84. The molecule has 0 spiro atoms. The summed E-state index contributed by atoms with van der Waals surface area (Å²) in [5.41, 5.74) is 0. The van der Waals surface area contributed by atoms with E-state index in [2.05, 4.69) is 22.2 Å². The minimum absolute atomic E-state index is 0.383. The summed E-state index contributed by atoms with van der Waals surface area (Å²) in [6, 6.07) is 2.51. The van der Waals surface area contributed by atoms with Crippen molar-refractivity contribution in [2.75, 3.05) is 6.54 Å². The fourth-order valence-corrected chi connectivity index (χ4v) is 2.32. The zero-order valence-electron chi connectivity index (χ0n) is 10.4. The Kier molecular flexibility index (Phi) is 4.88. The van der Waals surface area contributed by atoms with Crippen molar-refractivity contribution < 1.29 is 4.74 Å². The lowest BCUT2D eigenvalue weighted by atomic mass is 9.93. The summed E-state index contributed by atoms with van der Waals surface area (Å²) >= 11 is 0. The van der Waals surface area contributed by atoms with Gasteiger partial charge in [0.05, 0.1) is 6.10 Å². The molecule has 2 rings (SSSR count). The van der Waals surface area contributed by atoms with E-state index in [4.69, 9.17) is 4.74 Å². The van der Waals surface area contributed by atoms with Gasteiger partial charge >= 0.3 is 0 Å². The van der Waals surface area contributed by atoms with E-state index < -0.39 is 0 Å². The van der Waals surface area contributed by atoms with Gasteiger partial charge in [-0.05, 0) is 38.3 Å². The van der Waals surface area contributed by atoms with Crippen molar-refractivity contribution in [3.05, 3.63) is 24.3 Å². The smallest absolute Gasteiger partial charge is 0.153 e. The molecule has 0 saturated heterocycles. The Bertz CT molecular complexity index is 310. The molecule has 4 heteroatoms. The zero-order chi connectivity index (χ0) is 11.9. The molecule has 0 aromatic carbocycles. The Morgan fingerprint density at radius 3 is 2.59 bits per heavy atom. The third-order valence-corrected chi connectivity index (χ3v) is 3.23. The van der Waals surface area contributed by atoms with E-state index in [-0.39, 0.29) is 0 Å². The molecule has 0 unspecified atom stereocenters. The molecule has 1 saturated carbocycles. The minimum Gasteiger partial charge on any atom is -0.370 e. The van der Waals surface area contributed by atoms with E-state index in [9.17, 15) is 0 Å². The van der Waals surface area contributed by atoms with Crippen molar-refractivity contribution in [2.45, 2.75) is 51.4 Å². The van der Waals surface area contributed by atoms with Crippen molar-refractivity contribution in [1.82, 2.24) is 15.3 Å².